The van der Waals surface area contributed by atoms with Crippen LogP contribution in [0.1, 0.15) is 90.4 Å². The van der Waals surface area contributed by atoms with Gasteiger partial charge >= 0.3 is 29.6 Å². The molecule has 0 radical (unpaired) electrons. The number of rotatable bonds is 18. The van der Waals surface area contributed by atoms with Crippen molar-refractivity contribution in [3.8, 4) is 0 Å². The van der Waals surface area contributed by atoms with Crippen molar-refractivity contribution in [1.82, 2.24) is 5.32 Å². The van der Waals surface area contributed by atoms with E-state index in [1.807, 2.05) is 0 Å². The van der Waals surface area contributed by atoms with Crippen LogP contribution >= 0.6 is 0 Å². The minimum absolute atomic E-state index is 0. The van der Waals surface area contributed by atoms with E-state index >= 15 is 0 Å². The summed E-state index contributed by atoms with van der Waals surface area (Å²) in [7, 11) is -4.49. The first kappa shape index (κ1) is 30.5. The van der Waals surface area contributed by atoms with Gasteiger partial charge in [0.25, 0.3) is 10.1 Å². The van der Waals surface area contributed by atoms with Gasteiger partial charge in [-0.05, 0) is 6.42 Å². The van der Waals surface area contributed by atoms with Crippen LogP contribution in [0.4, 0.5) is 0 Å². The predicted octanol–water partition coefficient (Wildman–Crippen LogP) is 2.15. The average molecular weight is 434 g/mol. The maximum absolute atomic E-state index is 11.9. The number of carbonyl (C=O) groups excluding carboxylic acids is 1. The quantitative estimate of drug-likeness (QED) is 0.149. The number of aliphatic hydroxyl groups is 2. The molecule has 0 aliphatic carbocycles. The molecule has 0 fully saturated rings. The Kier molecular flexibility index (Phi) is 21.0. The molecule has 0 saturated carbocycles. The van der Waals surface area contributed by atoms with E-state index in [0.717, 1.165) is 19.3 Å². The standard InChI is InChI=1S/C19H39NO6S.Na.H/c1-2-3-4-5-6-7-8-9-10-11-12-13-14-18(27(24,25)26)19(23)20-15-17(22)16-21;;/h17-18,21-22H,2-16H2,1H3,(H,20,23)(H,24,25,26);;. The molecule has 2 atom stereocenters. The van der Waals surface area contributed by atoms with Crippen LogP contribution in [-0.2, 0) is 14.9 Å². The summed E-state index contributed by atoms with van der Waals surface area (Å²) in [6.45, 7) is 1.43. The van der Waals surface area contributed by atoms with Crippen molar-refractivity contribution in [2.75, 3.05) is 13.2 Å². The summed E-state index contributed by atoms with van der Waals surface area (Å²) in [6, 6.07) is 0. The number of unbranched alkanes of at least 4 members (excludes halogenated alkanes) is 11. The van der Waals surface area contributed by atoms with Crippen LogP contribution in [0.15, 0.2) is 0 Å². The van der Waals surface area contributed by atoms with Gasteiger partial charge in [-0.2, -0.15) is 8.42 Å². The monoisotopic (exact) mass is 433 g/mol. The van der Waals surface area contributed by atoms with Crippen LogP contribution in [0.25, 0.3) is 0 Å². The topological polar surface area (TPSA) is 124 Å². The number of amides is 1. The molecular weight excluding hydrogens is 393 g/mol. The van der Waals surface area contributed by atoms with Gasteiger partial charge in [0.05, 0.1) is 12.7 Å². The van der Waals surface area contributed by atoms with Crippen molar-refractivity contribution in [2.24, 2.45) is 0 Å². The molecule has 28 heavy (non-hydrogen) atoms. The summed E-state index contributed by atoms with van der Waals surface area (Å²) >= 11 is 0. The fraction of sp³-hybridized carbons (Fsp3) is 0.947. The second kappa shape index (κ2) is 19.3. The Morgan fingerprint density at radius 2 is 1.32 bits per heavy atom. The summed E-state index contributed by atoms with van der Waals surface area (Å²) in [5, 5.41) is 18.6. The summed E-state index contributed by atoms with van der Waals surface area (Å²) < 4.78 is 32.1. The SMILES string of the molecule is CCCCCCCCCCCCCCC(C(=O)NCC(O)CO)S(=O)(=O)O.[NaH]. The molecule has 0 saturated heterocycles. The van der Waals surface area contributed by atoms with Gasteiger partial charge in [0.2, 0.25) is 5.91 Å². The van der Waals surface area contributed by atoms with Gasteiger partial charge < -0.3 is 15.5 Å². The predicted molar refractivity (Wildman–Crippen MR) is 114 cm³/mol. The van der Waals surface area contributed by atoms with Crippen molar-refractivity contribution in [1.29, 1.82) is 0 Å². The molecule has 7 nitrogen and oxygen atoms in total. The minimum atomic E-state index is -4.49. The molecule has 0 aromatic heterocycles. The van der Waals surface area contributed by atoms with E-state index in [9.17, 15) is 22.9 Å². The van der Waals surface area contributed by atoms with Gasteiger partial charge in [-0.25, -0.2) is 0 Å². The molecule has 9 heteroatoms. The summed E-state index contributed by atoms with van der Waals surface area (Å²) in [5.74, 6) is -0.840. The van der Waals surface area contributed by atoms with Gasteiger partial charge in [-0.1, -0.05) is 84.0 Å². The van der Waals surface area contributed by atoms with Crippen molar-refractivity contribution in [3.05, 3.63) is 0 Å². The molecule has 0 bridgehead atoms. The van der Waals surface area contributed by atoms with Crippen molar-refractivity contribution in [2.45, 2.75) is 102 Å². The Morgan fingerprint density at radius 3 is 1.71 bits per heavy atom. The molecule has 0 aromatic rings. The van der Waals surface area contributed by atoms with Crippen molar-refractivity contribution in [3.63, 3.8) is 0 Å². The van der Waals surface area contributed by atoms with E-state index in [4.69, 9.17) is 5.11 Å². The zero-order chi connectivity index (χ0) is 20.5. The summed E-state index contributed by atoms with van der Waals surface area (Å²) in [6.07, 6.45) is 12.6. The van der Waals surface area contributed by atoms with Gasteiger partial charge in [0, 0.05) is 6.54 Å². The number of nitrogens with one attached hydrogen (secondary N) is 1. The molecule has 1 amide bonds. The van der Waals surface area contributed by atoms with Gasteiger partial charge in [0.1, 0.15) is 0 Å². The molecule has 0 heterocycles. The summed E-state index contributed by atoms with van der Waals surface area (Å²) in [4.78, 5) is 11.9. The first-order valence-corrected chi connectivity index (χ1v) is 11.9. The number of carbonyl (C=O) groups is 1. The third-order valence-corrected chi connectivity index (χ3v) is 5.86. The van der Waals surface area contributed by atoms with Crippen LogP contribution in [0.2, 0.25) is 0 Å². The van der Waals surface area contributed by atoms with E-state index in [0.29, 0.717) is 6.42 Å². The van der Waals surface area contributed by atoms with Crippen LogP contribution in [-0.4, -0.2) is 83.2 Å². The molecule has 4 N–H and O–H groups in total. The van der Waals surface area contributed by atoms with Crippen LogP contribution < -0.4 is 5.32 Å². The fourth-order valence-corrected chi connectivity index (χ4v) is 3.80. The third kappa shape index (κ3) is 17.2. The summed E-state index contributed by atoms with van der Waals surface area (Å²) in [5.41, 5.74) is 0. The average Bonchev–Trinajstić information content (AvgIpc) is 2.62. The Hall–Kier alpha value is 0.300. The molecule has 0 rings (SSSR count). The molecule has 0 aliphatic heterocycles. The Labute approximate surface area is 193 Å². The zero-order valence-electron chi connectivity index (χ0n) is 16.7. The number of aliphatic hydroxyl groups excluding tert-OH is 2. The first-order valence-electron chi connectivity index (χ1n) is 10.4. The Morgan fingerprint density at radius 1 is 0.893 bits per heavy atom. The molecule has 0 spiro atoms. The second-order valence-corrected chi connectivity index (χ2v) is 8.86. The zero-order valence-corrected chi connectivity index (χ0v) is 17.6. The van der Waals surface area contributed by atoms with E-state index < -0.39 is 34.0 Å². The number of hydrogen-bond acceptors (Lipinski definition) is 5. The van der Waals surface area contributed by atoms with E-state index in [2.05, 4.69) is 12.2 Å². The molecule has 164 valence electrons. The van der Waals surface area contributed by atoms with Crippen LogP contribution in [0.3, 0.4) is 0 Å². The second-order valence-electron chi connectivity index (χ2n) is 7.26. The third-order valence-electron chi connectivity index (χ3n) is 4.69. The van der Waals surface area contributed by atoms with Crippen LogP contribution in [0.5, 0.6) is 0 Å². The first-order chi connectivity index (χ1) is 12.8. The van der Waals surface area contributed by atoms with E-state index in [-0.39, 0.29) is 42.5 Å². The van der Waals surface area contributed by atoms with Gasteiger partial charge in [-0.15, -0.1) is 0 Å². The normalized spacial score (nSPS) is 13.6. The van der Waals surface area contributed by atoms with Crippen molar-refractivity contribution >= 4 is 45.6 Å². The van der Waals surface area contributed by atoms with E-state index in [1.165, 1.54) is 51.4 Å². The van der Waals surface area contributed by atoms with Crippen molar-refractivity contribution < 1.29 is 28.0 Å². The Balaban J connectivity index is 0. The molecular formula is C19H40NNaO6S. The van der Waals surface area contributed by atoms with Gasteiger partial charge in [0.15, 0.2) is 5.25 Å². The molecule has 0 aliphatic rings. The molecule has 0 aromatic carbocycles. The van der Waals surface area contributed by atoms with E-state index in [1.54, 1.807) is 0 Å². The number of hydrogen-bond donors (Lipinski definition) is 4. The van der Waals surface area contributed by atoms with Gasteiger partial charge in [-0.3, -0.25) is 9.35 Å². The molecule has 2 unspecified atom stereocenters. The Bertz CT molecular complexity index is 475. The van der Waals surface area contributed by atoms with Crippen LogP contribution in [0, 0.1) is 0 Å². The fourth-order valence-electron chi connectivity index (χ4n) is 2.98. The maximum atomic E-state index is 11.9.